The minimum absolute atomic E-state index is 0.231. The van der Waals surface area contributed by atoms with Crippen LogP contribution in [0.1, 0.15) is 34.5 Å². The van der Waals surface area contributed by atoms with E-state index in [1.165, 1.54) is 6.07 Å². The van der Waals surface area contributed by atoms with Gasteiger partial charge < -0.3 is 4.90 Å². The molecule has 0 aliphatic carbocycles. The molecule has 120 valence electrons. The first kappa shape index (κ1) is 16.4. The van der Waals surface area contributed by atoms with Gasteiger partial charge in [-0.3, -0.25) is 4.79 Å². The third-order valence-corrected chi connectivity index (χ3v) is 6.19. The van der Waals surface area contributed by atoms with Crippen LogP contribution in [0.25, 0.3) is 0 Å². The van der Waals surface area contributed by atoms with Gasteiger partial charge in [-0.1, -0.05) is 59.8 Å². The summed E-state index contributed by atoms with van der Waals surface area (Å²) in [7, 11) is 1.72. The van der Waals surface area contributed by atoms with Gasteiger partial charge in [-0.25, -0.2) is 8.78 Å². The summed E-state index contributed by atoms with van der Waals surface area (Å²) in [5.41, 5.74) is 1.30. The van der Waals surface area contributed by atoms with Crippen molar-refractivity contribution in [2.75, 3.05) is 11.5 Å². The molecule has 2 atom stereocenters. The van der Waals surface area contributed by atoms with Crippen LogP contribution in [-0.2, 0) is 5.41 Å². The van der Waals surface area contributed by atoms with Crippen molar-refractivity contribution in [2.45, 2.75) is 18.4 Å². The van der Waals surface area contributed by atoms with Gasteiger partial charge in [0.2, 0.25) is 0 Å². The number of hydrogen-bond acceptors (Lipinski definition) is 1. The number of rotatable bonds is 2. The van der Waals surface area contributed by atoms with Crippen LogP contribution in [0.3, 0.4) is 0 Å². The van der Waals surface area contributed by atoms with Gasteiger partial charge in [0, 0.05) is 22.5 Å². The standard InChI is InChI=1S/C18H16F2INO/c1-18(10-21)13-9-15(20)14(19)8-12(13)17(23)22(2)16(18)11-6-4-3-5-7-11/h3-9,16H,10H2,1-2H3/t16-,18-/m1/s1. The molecule has 2 aromatic carbocycles. The molecule has 0 N–H and O–H groups in total. The minimum atomic E-state index is -0.987. The van der Waals surface area contributed by atoms with Crippen molar-refractivity contribution in [3.63, 3.8) is 0 Å². The summed E-state index contributed by atoms with van der Waals surface area (Å²) in [6, 6.07) is 11.7. The summed E-state index contributed by atoms with van der Waals surface area (Å²) < 4.78 is 28.1. The molecule has 1 heterocycles. The normalized spacial score (nSPS) is 23.8. The Labute approximate surface area is 147 Å². The molecule has 1 aliphatic rings. The summed E-state index contributed by atoms with van der Waals surface area (Å²) >= 11 is 2.25. The molecular weight excluding hydrogens is 411 g/mol. The van der Waals surface area contributed by atoms with Crippen LogP contribution < -0.4 is 0 Å². The fourth-order valence-corrected chi connectivity index (χ4v) is 4.28. The Hall–Kier alpha value is -1.50. The highest BCUT2D eigenvalue weighted by Crippen LogP contribution is 2.47. The van der Waals surface area contributed by atoms with E-state index in [2.05, 4.69) is 22.6 Å². The van der Waals surface area contributed by atoms with Gasteiger partial charge in [-0.2, -0.15) is 0 Å². The van der Waals surface area contributed by atoms with Crippen LogP contribution in [0.5, 0.6) is 0 Å². The Bertz CT molecular complexity index is 765. The van der Waals surface area contributed by atoms with Crippen molar-refractivity contribution in [1.29, 1.82) is 0 Å². The Morgan fingerprint density at radius 2 is 1.78 bits per heavy atom. The molecule has 23 heavy (non-hydrogen) atoms. The molecule has 2 aromatic rings. The third-order valence-electron chi connectivity index (χ3n) is 4.61. The van der Waals surface area contributed by atoms with Gasteiger partial charge in [-0.05, 0) is 23.3 Å². The highest BCUT2D eigenvalue weighted by atomic mass is 127. The van der Waals surface area contributed by atoms with Crippen molar-refractivity contribution in [1.82, 2.24) is 4.90 Å². The molecule has 0 fully saturated rings. The fourth-order valence-electron chi connectivity index (χ4n) is 3.45. The molecule has 3 rings (SSSR count). The molecule has 0 saturated carbocycles. The number of benzene rings is 2. The lowest BCUT2D eigenvalue weighted by atomic mass is 9.69. The maximum Gasteiger partial charge on any atom is 0.254 e. The van der Waals surface area contributed by atoms with Crippen molar-refractivity contribution < 1.29 is 13.6 Å². The number of carbonyl (C=O) groups excluding carboxylic acids is 1. The van der Waals surface area contributed by atoms with Gasteiger partial charge in [-0.15, -0.1) is 0 Å². The van der Waals surface area contributed by atoms with Crippen LogP contribution in [0.15, 0.2) is 42.5 Å². The van der Waals surface area contributed by atoms with Crippen LogP contribution >= 0.6 is 22.6 Å². The zero-order valence-electron chi connectivity index (χ0n) is 12.8. The van der Waals surface area contributed by atoms with Crippen LogP contribution in [0.4, 0.5) is 8.78 Å². The zero-order valence-corrected chi connectivity index (χ0v) is 15.0. The highest BCUT2D eigenvalue weighted by molar-refractivity contribution is 14.1. The number of hydrogen-bond donors (Lipinski definition) is 0. The predicted octanol–water partition coefficient (Wildman–Crippen LogP) is 4.48. The lowest BCUT2D eigenvalue weighted by Crippen LogP contribution is -2.50. The number of nitrogens with zero attached hydrogens (tertiary/aromatic N) is 1. The molecule has 0 spiro atoms. The van der Waals surface area contributed by atoms with Crippen LogP contribution in [0.2, 0.25) is 0 Å². The van der Waals surface area contributed by atoms with E-state index in [4.69, 9.17) is 0 Å². The van der Waals surface area contributed by atoms with Gasteiger partial charge >= 0.3 is 0 Å². The van der Waals surface area contributed by atoms with Gasteiger partial charge in [0.25, 0.3) is 5.91 Å². The van der Waals surface area contributed by atoms with E-state index in [1.54, 1.807) is 11.9 Å². The Balaban J connectivity index is 2.28. The molecule has 0 bridgehead atoms. The second-order valence-electron chi connectivity index (χ2n) is 6.09. The second kappa shape index (κ2) is 5.85. The van der Waals surface area contributed by atoms with E-state index in [1.807, 2.05) is 37.3 Å². The quantitative estimate of drug-likeness (QED) is 0.511. The van der Waals surface area contributed by atoms with E-state index in [0.717, 1.165) is 11.6 Å². The monoisotopic (exact) mass is 427 g/mol. The second-order valence-corrected chi connectivity index (χ2v) is 6.86. The number of fused-ring (bicyclic) bond motifs is 1. The molecule has 5 heteroatoms. The maximum atomic E-state index is 13.8. The molecule has 2 nitrogen and oxygen atoms in total. The van der Waals surface area contributed by atoms with Crippen molar-refractivity contribution in [2.24, 2.45) is 0 Å². The summed E-state index contributed by atoms with van der Waals surface area (Å²) in [6.07, 6.45) is 0. The zero-order chi connectivity index (χ0) is 16.8. The topological polar surface area (TPSA) is 20.3 Å². The Kier molecular flexibility index (Phi) is 4.16. The number of alkyl halides is 1. The lowest BCUT2D eigenvalue weighted by Gasteiger charge is -2.47. The van der Waals surface area contributed by atoms with E-state index in [-0.39, 0.29) is 17.5 Å². The molecular formula is C18H16F2INO. The molecule has 0 unspecified atom stereocenters. The molecule has 1 aliphatic heterocycles. The van der Waals surface area contributed by atoms with Gasteiger partial charge in [0.15, 0.2) is 11.6 Å². The first-order chi connectivity index (χ1) is 10.9. The average Bonchev–Trinajstić information content (AvgIpc) is 2.56. The first-order valence-corrected chi connectivity index (χ1v) is 8.80. The van der Waals surface area contributed by atoms with Crippen LogP contribution in [-0.4, -0.2) is 22.3 Å². The van der Waals surface area contributed by atoms with E-state index < -0.39 is 17.0 Å². The number of amides is 1. The van der Waals surface area contributed by atoms with Crippen molar-refractivity contribution >= 4 is 28.5 Å². The van der Waals surface area contributed by atoms with Crippen molar-refractivity contribution in [3.8, 4) is 0 Å². The van der Waals surface area contributed by atoms with Gasteiger partial charge in [0.05, 0.1) is 6.04 Å². The molecule has 1 amide bonds. The van der Waals surface area contributed by atoms with E-state index in [9.17, 15) is 13.6 Å². The molecule has 0 aromatic heterocycles. The van der Waals surface area contributed by atoms with Crippen LogP contribution in [0, 0.1) is 11.6 Å². The van der Waals surface area contributed by atoms with Gasteiger partial charge in [0.1, 0.15) is 0 Å². The number of halogens is 3. The average molecular weight is 427 g/mol. The lowest BCUT2D eigenvalue weighted by molar-refractivity contribution is 0.0613. The predicted molar refractivity (Wildman–Crippen MR) is 93.9 cm³/mol. The van der Waals surface area contributed by atoms with E-state index >= 15 is 0 Å². The Morgan fingerprint density at radius 1 is 1.17 bits per heavy atom. The minimum Gasteiger partial charge on any atom is -0.334 e. The molecule has 0 saturated heterocycles. The smallest absolute Gasteiger partial charge is 0.254 e. The largest absolute Gasteiger partial charge is 0.334 e. The number of likely N-dealkylation sites (N-methyl/N-ethyl adjacent to an activating group) is 1. The van der Waals surface area contributed by atoms with Crippen molar-refractivity contribution in [3.05, 3.63) is 70.8 Å². The Morgan fingerprint density at radius 3 is 2.39 bits per heavy atom. The summed E-state index contributed by atoms with van der Waals surface area (Å²) in [6.45, 7) is 2.00. The summed E-state index contributed by atoms with van der Waals surface area (Å²) in [5.74, 6) is -2.18. The number of carbonyl (C=O) groups is 1. The first-order valence-electron chi connectivity index (χ1n) is 7.27. The summed E-state index contributed by atoms with van der Waals surface area (Å²) in [4.78, 5) is 14.3. The molecule has 0 radical (unpaired) electrons. The fraction of sp³-hybridized carbons (Fsp3) is 0.278. The SMILES string of the molecule is CN1C(=O)c2cc(F)c(F)cc2[C@@](C)(CI)[C@H]1c1ccccc1. The summed E-state index contributed by atoms with van der Waals surface area (Å²) in [5, 5.41) is 0. The maximum absolute atomic E-state index is 13.8. The van der Waals surface area contributed by atoms with E-state index in [0.29, 0.717) is 9.99 Å². The highest BCUT2D eigenvalue weighted by Gasteiger charge is 2.47. The third kappa shape index (κ3) is 2.45.